The minimum atomic E-state index is -3.88. The molecule has 0 radical (unpaired) electrons. The highest BCUT2D eigenvalue weighted by atomic mass is 79.9. The van der Waals surface area contributed by atoms with E-state index in [-0.39, 0.29) is 26.0 Å². The molecule has 3 aromatic rings. The molecule has 0 atom stereocenters. The van der Waals surface area contributed by atoms with Crippen molar-refractivity contribution in [1.29, 1.82) is 0 Å². The van der Waals surface area contributed by atoms with Gasteiger partial charge in [0.2, 0.25) is 19.7 Å². The molecule has 4 nitrogen and oxygen atoms in total. The van der Waals surface area contributed by atoms with Gasteiger partial charge in [-0.05, 0) is 35.9 Å². The molecule has 0 unspecified atom stereocenters. The first-order chi connectivity index (χ1) is 15.1. The molecule has 8 heteroatoms. The zero-order valence-corrected chi connectivity index (χ0v) is 21.5. The molecular weight excluding hydrogens is 576 g/mol. The van der Waals surface area contributed by atoms with Gasteiger partial charge in [-0.25, -0.2) is 16.8 Å². The van der Waals surface area contributed by atoms with E-state index in [9.17, 15) is 16.8 Å². The molecule has 0 amide bonds. The summed E-state index contributed by atoms with van der Waals surface area (Å²) >= 11 is 7.01. The zero-order valence-electron chi connectivity index (χ0n) is 16.7. The number of allylic oxidation sites excluding steroid dienone is 4. The molecule has 1 aliphatic rings. The first-order valence-electron chi connectivity index (χ1n) is 9.63. The summed E-state index contributed by atoms with van der Waals surface area (Å²) in [5, 5.41) is 0. The number of hydrogen-bond donors (Lipinski definition) is 0. The molecule has 0 aliphatic heterocycles. The molecular formula is C24H18Br2O4S2. The third-order valence-electron chi connectivity index (χ3n) is 5.09. The fraction of sp³-hybridized carbons (Fsp3) is 0.0833. The van der Waals surface area contributed by atoms with Crippen molar-refractivity contribution in [3.8, 4) is 0 Å². The van der Waals surface area contributed by atoms with Gasteiger partial charge in [0, 0.05) is 12.0 Å². The predicted octanol–water partition coefficient (Wildman–Crippen LogP) is 6.15. The minimum absolute atomic E-state index is 0.0586. The highest BCUT2D eigenvalue weighted by Crippen LogP contribution is 2.46. The van der Waals surface area contributed by atoms with Crippen molar-refractivity contribution < 1.29 is 16.8 Å². The number of halogens is 2. The molecule has 0 fully saturated rings. The Kier molecular flexibility index (Phi) is 6.33. The number of sulfone groups is 2. The monoisotopic (exact) mass is 592 g/mol. The van der Waals surface area contributed by atoms with Crippen molar-refractivity contribution in [2.24, 2.45) is 0 Å². The first kappa shape index (κ1) is 23.2. The molecule has 0 bridgehead atoms. The summed E-state index contributed by atoms with van der Waals surface area (Å²) in [7, 11) is -7.75. The second-order valence-electron chi connectivity index (χ2n) is 7.24. The molecule has 0 N–H and O–H groups in total. The maximum atomic E-state index is 13.6. The lowest BCUT2D eigenvalue weighted by atomic mass is 9.99. The average molecular weight is 594 g/mol. The summed E-state index contributed by atoms with van der Waals surface area (Å²) in [4.78, 5) is 0.497. The fourth-order valence-electron chi connectivity index (χ4n) is 3.54. The van der Waals surface area contributed by atoms with Gasteiger partial charge >= 0.3 is 0 Å². The molecule has 3 aromatic carbocycles. The zero-order chi connectivity index (χ0) is 23.0. The van der Waals surface area contributed by atoms with Crippen molar-refractivity contribution in [3.63, 3.8) is 0 Å². The van der Waals surface area contributed by atoms with E-state index in [1.165, 1.54) is 30.3 Å². The second kappa shape index (κ2) is 8.74. The van der Waals surface area contributed by atoms with Crippen LogP contribution >= 0.6 is 31.9 Å². The quantitative estimate of drug-likeness (QED) is 0.333. The molecule has 164 valence electrons. The van der Waals surface area contributed by atoms with Crippen LogP contribution in [0.5, 0.6) is 0 Å². The fourth-order valence-corrected chi connectivity index (χ4v) is 7.91. The molecule has 0 spiro atoms. The van der Waals surface area contributed by atoms with Crippen molar-refractivity contribution in [2.75, 3.05) is 0 Å². The lowest BCUT2D eigenvalue weighted by Gasteiger charge is -2.26. The van der Waals surface area contributed by atoms with Crippen LogP contribution in [0.1, 0.15) is 12.0 Å². The summed E-state index contributed by atoms with van der Waals surface area (Å²) in [5.41, 5.74) is 0.705. The molecule has 0 saturated carbocycles. The molecule has 1 aliphatic carbocycles. The Hall–Kier alpha value is -2.00. The van der Waals surface area contributed by atoms with E-state index in [1.54, 1.807) is 66.7 Å². The van der Waals surface area contributed by atoms with Gasteiger partial charge in [0.25, 0.3) is 0 Å². The van der Waals surface area contributed by atoms with E-state index in [1.807, 2.05) is 0 Å². The van der Waals surface area contributed by atoms with Gasteiger partial charge in [0.15, 0.2) is 0 Å². The lowest BCUT2D eigenvalue weighted by molar-refractivity contribution is 0.594. The average Bonchev–Trinajstić information content (AvgIpc) is 2.80. The van der Waals surface area contributed by atoms with Crippen LogP contribution < -0.4 is 0 Å². The van der Waals surface area contributed by atoms with E-state index >= 15 is 0 Å². The van der Waals surface area contributed by atoms with Crippen LogP contribution in [0.2, 0.25) is 0 Å². The third-order valence-corrected chi connectivity index (χ3v) is 9.91. The van der Waals surface area contributed by atoms with Gasteiger partial charge in [-0.1, -0.05) is 98.6 Å². The summed E-state index contributed by atoms with van der Waals surface area (Å²) in [6.07, 6.45) is 3.54. The lowest BCUT2D eigenvalue weighted by Crippen LogP contribution is -2.20. The highest BCUT2D eigenvalue weighted by Gasteiger charge is 2.36. The van der Waals surface area contributed by atoms with Crippen LogP contribution in [-0.2, 0) is 19.7 Å². The normalized spacial score (nSPS) is 16.2. The smallest absolute Gasteiger partial charge is 0.207 e. The van der Waals surface area contributed by atoms with Crippen molar-refractivity contribution >= 4 is 57.1 Å². The van der Waals surface area contributed by atoms with Gasteiger partial charge in [-0.2, -0.15) is 0 Å². The van der Waals surface area contributed by atoms with Crippen LogP contribution in [0.15, 0.2) is 117 Å². The Labute approximate surface area is 204 Å². The van der Waals surface area contributed by atoms with Crippen molar-refractivity contribution in [1.82, 2.24) is 0 Å². The molecule has 4 rings (SSSR count). The topological polar surface area (TPSA) is 68.3 Å². The van der Waals surface area contributed by atoms with Crippen LogP contribution in [-0.4, -0.2) is 20.1 Å². The summed E-state index contributed by atoms with van der Waals surface area (Å²) in [5.74, 6) is 0. The summed E-state index contributed by atoms with van der Waals surface area (Å²) in [6.45, 7) is 0. The van der Waals surface area contributed by atoms with E-state index in [2.05, 4.69) is 31.9 Å². The Balaban J connectivity index is 1.99. The summed E-state index contributed by atoms with van der Waals surface area (Å²) < 4.78 is 53.3. The number of benzene rings is 3. The van der Waals surface area contributed by atoms with Gasteiger partial charge in [0.05, 0.1) is 19.6 Å². The SMILES string of the molecule is O=S(=O)(C1=C(c2ccccc2S(=O)(=O)c2ccccc2)C=CC(Br)(Br)C1)c1ccccc1. The Morgan fingerprint density at radius 3 is 1.75 bits per heavy atom. The van der Waals surface area contributed by atoms with Gasteiger partial charge in [-0.15, -0.1) is 0 Å². The third kappa shape index (κ3) is 4.41. The maximum absolute atomic E-state index is 13.6. The number of rotatable bonds is 5. The number of hydrogen-bond acceptors (Lipinski definition) is 4. The minimum Gasteiger partial charge on any atom is -0.219 e. The molecule has 32 heavy (non-hydrogen) atoms. The van der Waals surface area contributed by atoms with E-state index in [4.69, 9.17) is 0 Å². The largest absolute Gasteiger partial charge is 0.219 e. The standard InChI is InChI=1S/C24H18Br2O4S2/c25-24(26)16-15-21(23(17-24)32(29,30)19-11-5-2-6-12-19)20-13-7-8-14-22(20)31(27,28)18-9-3-1-4-10-18/h1-16H,17H2. The van der Waals surface area contributed by atoms with Gasteiger partial charge < -0.3 is 0 Å². The Morgan fingerprint density at radius 2 is 1.16 bits per heavy atom. The first-order valence-corrected chi connectivity index (χ1v) is 14.2. The predicted molar refractivity (Wildman–Crippen MR) is 133 cm³/mol. The van der Waals surface area contributed by atoms with Crippen molar-refractivity contribution in [2.45, 2.75) is 24.3 Å². The van der Waals surface area contributed by atoms with E-state index in [0.717, 1.165) is 0 Å². The Bertz CT molecular complexity index is 1430. The molecule has 0 saturated heterocycles. The molecule has 0 aromatic heterocycles. The Morgan fingerprint density at radius 1 is 0.656 bits per heavy atom. The summed E-state index contributed by atoms with van der Waals surface area (Å²) in [6, 6.07) is 22.8. The van der Waals surface area contributed by atoms with Crippen molar-refractivity contribution in [3.05, 3.63) is 108 Å². The second-order valence-corrected chi connectivity index (χ2v) is 15.0. The van der Waals surface area contributed by atoms with Crippen LogP contribution in [0, 0.1) is 0 Å². The highest BCUT2D eigenvalue weighted by molar-refractivity contribution is 9.25. The van der Waals surface area contributed by atoms with E-state index < -0.39 is 22.9 Å². The number of alkyl halides is 2. The van der Waals surface area contributed by atoms with Gasteiger partial charge in [-0.3, -0.25) is 0 Å². The molecule has 0 heterocycles. The van der Waals surface area contributed by atoms with Crippen LogP contribution in [0.25, 0.3) is 5.57 Å². The van der Waals surface area contributed by atoms with Gasteiger partial charge in [0.1, 0.15) is 3.23 Å². The van der Waals surface area contributed by atoms with Crippen LogP contribution in [0.3, 0.4) is 0 Å². The maximum Gasteiger partial charge on any atom is 0.207 e. The van der Waals surface area contributed by atoms with Crippen LogP contribution in [0.4, 0.5) is 0 Å². The van der Waals surface area contributed by atoms with E-state index in [0.29, 0.717) is 11.1 Å².